The standard InChI is InChI=1S/C20H28/c1-7-16(6)20(15(4)5)14-18(9-3)19-12-10-11-17(8-2)13-19/h7,9-15H,8H2,1-6H3/b16-7-,18-9+,20-14+. The minimum Gasteiger partial charge on any atom is -0.0844 e. The minimum atomic E-state index is 0.538. The summed E-state index contributed by atoms with van der Waals surface area (Å²) in [6, 6.07) is 8.85. The van der Waals surface area contributed by atoms with Crippen LogP contribution in [-0.2, 0) is 6.42 Å². The van der Waals surface area contributed by atoms with Crippen molar-refractivity contribution >= 4 is 5.57 Å². The highest BCUT2D eigenvalue weighted by atomic mass is 14.1. The van der Waals surface area contributed by atoms with Gasteiger partial charge in [0.2, 0.25) is 0 Å². The van der Waals surface area contributed by atoms with Crippen molar-refractivity contribution in [1.29, 1.82) is 0 Å². The van der Waals surface area contributed by atoms with Crippen molar-refractivity contribution in [1.82, 2.24) is 0 Å². The molecule has 1 rings (SSSR count). The van der Waals surface area contributed by atoms with E-state index in [2.05, 4.69) is 84.0 Å². The van der Waals surface area contributed by atoms with Crippen molar-refractivity contribution in [3.63, 3.8) is 0 Å². The van der Waals surface area contributed by atoms with Gasteiger partial charge in [0, 0.05) is 0 Å². The molecule has 0 aliphatic rings. The Kier molecular flexibility index (Phi) is 6.51. The van der Waals surface area contributed by atoms with Crippen molar-refractivity contribution in [2.75, 3.05) is 0 Å². The Bertz CT molecular complexity index is 525. The smallest absolute Gasteiger partial charge is 0.0185 e. The maximum absolute atomic E-state index is 2.34. The summed E-state index contributed by atoms with van der Waals surface area (Å²) in [6.07, 6.45) is 7.83. The molecule has 0 bridgehead atoms. The van der Waals surface area contributed by atoms with Gasteiger partial charge in [0.15, 0.2) is 0 Å². The van der Waals surface area contributed by atoms with Gasteiger partial charge < -0.3 is 0 Å². The van der Waals surface area contributed by atoms with Crippen molar-refractivity contribution in [3.8, 4) is 0 Å². The second-order valence-corrected chi connectivity index (χ2v) is 5.52. The Labute approximate surface area is 124 Å². The van der Waals surface area contributed by atoms with Crippen molar-refractivity contribution < 1.29 is 0 Å². The molecule has 0 amide bonds. The van der Waals surface area contributed by atoms with Crippen LogP contribution in [0, 0.1) is 5.92 Å². The fourth-order valence-electron chi connectivity index (χ4n) is 2.37. The summed E-state index contributed by atoms with van der Waals surface area (Å²) in [5, 5.41) is 0. The molecule has 0 saturated carbocycles. The van der Waals surface area contributed by atoms with E-state index >= 15 is 0 Å². The maximum Gasteiger partial charge on any atom is -0.0185 e. The highest BCUT2D eigenvalue weighted by Crippen LogP contribution is 2.26. The first-order valence-corrected chi connectivity index (χ1v) is 7.63. The van der Waals surface area contributed by atoms with Crippen LogP contribution in [0.5, 0.6) is 0 Å². The zero-order valence-electron chi connectivity index (χ0n) is 13.8. The average Bonchev–Trinajstić information content (AvgIpc) is 2.47. The Morgan fingerprint density at radius 1 is 1.15 bits per heavy atom. The van der Waals surface area contributed by atoms with Crippen molar-refractivity contribution in [2.45, 2.75) is 48.0 Å². The van der Waals surface area contributed by atoms with Crippen LogP contribution in [0.25, 0.3) is 5.57 Å². The van der Waals surface area contributed by atoms with Crippen LogP contribution in [0.15, 0.2) is 53.6 Å². The number of hydrogen-bond donors (Lipinski definition) is 0. The lowest BCUT2D eigenvalue weighted by atomic mass is 9.91. The zero-order valence-corrected chi connectivity index (χ0v) is 13.8. The van der Waals surface area contributed by atoms with Gasteiger partial charge in [-0.1, -0.05) is 68.8 Å². The van der Waals surface area contributed by atoms with Gasteiger partial charge in [0.05, 0.1) is 0 Å². The Morgan fingerprint density at radius 2 is 1.85 bits per heavy atom. The molecular weight excluding hydrogens is 240 g/mol. The van der Waals surface area contributed by atoms with E-state index in [4.69, 9.17) is 0 Å². The van der Waals surface area contributed by atoms with Gasteiger partial charge >= 0.3 is 0 Å². The first-order valence-electron chi connectivity index (χ1n) is 7.63. The lowest BCUT2D eigenvalue weighted by Crippen LogP contribution is -1.97. The molecular formula is C20H28. The fourth-order valence-corrected chi connectivity index (χ4v) is 2.37. The second-order valence-electron chi connectivity index (χ2n) is 5.52. The molecule has 0 saturated heterocycles. The molecule has 0 N–H and O–H groups in total. The molecule has 0 fully saturated rings. The van der Waals surface area contributed by atoms with Crippen LogP contribution in [0.3, 0.4) is 0 Å². The molecule has 0 spiro atoms. The van der Waals surface area contributed by atoms with E-state index in [0.717, 1.165) is 6.42 Å². The predicted octanol–water partition coefficient (Wildman–Crippen LogP) is 6.20. The Morgan fingerprint density at radius 3 is 2.35 bits per heavy atom. The van der Waals surface area contributed by atoms with E-state index in [1.165, 1.54) is 27.8 Å². The Balaban J connectivity index is 3.25. The molecule has 0 unspecified atom stereocenters. The molecule has 108 valence electrons. The topological polar surface area (TPSA) is 0 Å². The van der Waals surface area contributed by atoms with E-state index in [1.54, 1.807) is 0 Å². The monoisotopic (exact) mass is 268 g/mol. The van der Waals surface area contributed by atoms with E-state index in [0.29, 0.717) is 5.92 Å². The Hall–Kier alpha value is -1.56. The molecule has 0 heteroatoms. The molecule has 0 aliphatic carbocycles. The number of rotatable bonds is 5. The van der Waals surface area contributed by atoms with Crippen LogP contribution >= 0.6 is 0 Å². The lowest BCUT2D eigenvalue weighted by Gasteiger charge is -2.14. The van der Waals surface area contributed by atoms with Crippen LogP contribution in [0.2, 0.25) is 0 Å². The molecule has 0 aromatic heterocycles. The lowest BCUT2D eigenvalue weighted by molar-refractivity contribution is 0.777. The van der Waals surface area contributed by atoms with Crippen LogP contribution in [0.1, 0.15) is 52.7 Å². The quantitative estimate of drug-likeness (QED) is 0.558. The first-order chi connectivity index (χ1) is 9.53. The summed E-state index contributed by atoms with van der Waals surface area (Å²) in [7, 11) is 0. The number of aryl methyl sites for hydroxylation is 1. The van der Waals surface area contributed by atoms with Gasteiger partial charge in [-0.05, 0) is 55.4 Å². The highest BCUT2D eigenvalue weighted by Gasteiger charge is 2.07. The first kappa shape index (κ1) is 16.5. The van der Waals surface area contributed by atoms with Gasteiger partial charge in [-0.3, -0.25) is 0 Å². The summed E-state index contributed by atoms with van der Waals surface area (Å²) in [5.74, 6) is 0.538. The normalized spacial score (nSPS) is 14.1. The van der Waals surface area contributed by atoms with Crippen LogP contribution in [0.4, 0.5) is 0 Å². The number of benzene rings is 1. The zero-order chi connectivity index (χ0) is 15.1. The fraction of sp³-hybridized carbons (Fsp3) is 0.400. The number of allylic oxidation sites excluding steroid dienone is 6. The predicted molar refractivity (Wildman–Crippen MR) is 91.8 cm³/mol. The van der Waals surface area contributed by atoms with E-state index in [-0.39, 0.29) is 0 Å². The molecule has 0 radical (unpaired) electrons. The molecule has 1 aromatic rings. The molecule has 0 nitrogen and oxygen atoms in total. The largest absolute Gasteiger partial charge is 0.0844 e. The second kappa shape index (κ2) is 7.89. The van der Waals surface area contributed by atoms with Crippen LogP contribution < -0.4 is 0 Å². The van der Waals surface area contributed by atoms with E-state index in [9.17, 15) is 0 Å². The van der Waals surface area contributed by atoms with Gasteiger partial charge in [-0.2, -0.15) is 0 Å². The van der Waals surface area contributed by atoms with Crippen molar-refractivity contribution in [2.24, 2.45) is 5.92 Å². The van der Waals surface area contributed by atoms with Crippen LogP contribution in [-0.4, -0.2) is 0 Å². The molecule has 1 aromatic carbocycles. The highest BCUT2D eigenvalue weighted by molar-refractivity contribution is 5.75. The summed E-state index contributed by atoms with van der Waals surface area (Å²) in [4.78, 5) is 0. The third-order valence-electron chi connectivity index (χ3n) is 3.80. The van der Waals surface area contributed by atoms with E-state index in [1.807, 2.05) is 0 Å². The van der Waals surface area contributed by atoms with Gasteiger partial charge in [-0.25, -0.2) is 0 Å². The van der Waals surface area contributed by atoms with Gasteiger partial charge in [-0.15, -0.1) is 0 Å². The molecule has 0 heterocycles. The summed E-state index contributed by atoms with van der Waals surface area (Å²) < 4.78 is 0. The third-order valence-corrected chi connectivity index (χ3v) is 3.80. The van der Waals surface area contributed by atoms with Gasteiger partial charge in [0.25, 0.3) is 0 Å². The maximum atomic E-state index is 2.34. The SMILES string of the molecule is C\C=C(C)/C(=C/C(=C\C)c1cccc(CC)c1)C(C)C. The average molecular weight is 268 g/mol. The van der Waals surface area contributed by atoms with Crippen molar-refractivity contribution in [3.05, 3.63) is 64.8 Å². The summed E-state index contributed by atoms with van der Waals surface area (Å²) in [6.45, 7) is 13.1. The molecule has 20 heavy (non-hydrogen) atoms. The third kappa shape index (κ3) is 4.23. The van der Waals surface area contributed by atoms with E-state index < -0.39 is 0 Å². The molecule has 0 atom stereocenters. The summed E-state index contributed by atoms with van der Waals surface area (Å²) in [5.41, 5.74) is 6.80. The minimum absolute atomic E-state index is 0.538. The summed E-state index contributed by atoms with van der Waals surface area (Å²) >= 11 is 0. The molecule has 0 aliphatic heterocycles. The van der Waals surface area contributed by atoms with Gasteiger partial charge in [0.1, 0.15) is 0 Å². The number of hydrogen-bond acceptors (Lipinski definition) is 0.